The van der Waals surface area contributed by atoms with Crippen molar-refractivity contribution in [1.29, 1.82) is 0 Å². The van der Waals surface area contributed by atoms with E-state index < -0.39 is 0 Å². The van der Waals surface area contributed by atoms with Gasteiger partial charge in [-0.2, -0.15) is 5.10 Å². The van der Waals surface area contributed by atoms with Gasteiger partial charge in [0, 0.05) is 12.2 Å². The molecule has 0 atom stereocenters. The number of aromatic nitrogens is 2. The Kier molecular flexibility index (Phi) is 5.38. The Morgan fingerprint density at radius 2 is 2.05 bits per heavy atom. The predicted octanol–water partition coefficient (Wildman–Crippen LogP) is 1.54. The van der Waals surface area contributed by atoms with Crippen LogP contribution in [0, 0.1) is 0 Å². The molecule has 0 radical (unpaired) electrons. The number of rotatable bonds is 2. The van der Waals surface area contributed by atoms with Crippen molar-refractivity contribution in [2.75, 3.05) is 13.1 Å². The zero-order chi connectivity index (χ0) is 13.2. The van der Waals surface area contributed by atoms with Crippen molar-refractivity contribution in [2.45, 2.75) is 45.2 Å². The molecule has 0 bridgehead atoms. The third kappa shape index (κ3) is 4.21. The second-order valence-corrected chi connectivity index (χ2v) is 5.84. The molecule has 1 fully saturated rings. The molecule has 19 heavy (non-hydrogen) atoms. The highest BCUT2D eigenvalue weighted by Crippen LogP contribution is 2.13. The van der Waals surface area contributed by atoms with Gasteiger partial charge in [0.05, 0.1) is 17.3 Å². The van der Waals surface area contributed by atoms with E-state index in [4.69, 9.17) is 0 Å². The summed E-state index contributed by atoms with van der Waals surface area (Å²) in [6.07, 6.45) is 5.45. The van der Waals surface area contributed by atoms with Gasteiger partial charge in [0.1, 0.15) is 0 Å². The fourth-order valence-electron chi connectivity index (χ4n) is 2.04. The van der Waals surface area contributed by atoms with Crippen LogP contribution in [0.5, 0.6) is 0 Å². The first kappa shape index (κ1) is 16.0. The van der Waals surface area contributed by atoms with E-state index in [-0.39, 0.29) is 29.9 Å². The van der Waals surface area contributed by atoms with Gasteiger partial charge in [0.2, 0.25) is 0 Å². The molecule has 6 heteroatoms. The Morgan fingerprint density at radius 1 is 1.42 bits per heavy atom. The second kappa shape index (κ2) is 6.39. The quantitative estimate of drug-likeness (QED) is 0.867. The van der Waals surface area contributed by atoms with Gasteiger partial charge in [-0.1, -0.05) is 0 Å². The van der Waals surface area contributed by atoms with E-state index in [1.165, 1.54) is 0 Å². The van der Waals surface area contributed by atoms with Crippen molar-refractivity contribution in [2.24, 2.45) is 0 Å². The van der Waals surface area contributed by atoms with E-state index in [2.05, 4.69) is 36.5 Å². The fourth-order valence-corrected chi connectivity index (χ4v) is 2.04. The van der Waals surface area contributed by atoms with Crippen LogP contribution >= 0.6 is 12.4 Å². The van der Waals surface area contributed by atoms with Crippen LogP contribution in [0.1, 0.15) is 44.0 Å². The van der Waals surface area contributed by atoms with Gasteiger partial charge in [0.15, 0.2) is 0 Å². The molecule has 1 amide bonds. The first-order valence-corrected chi connectivity index (χ1v) is 6.53. The zero-order valence-corrected chi connectivity index (χ0v) is 12.6. The van der Waals surface area contributed by atoms with E-state index in [1.54, 1.807) is 6.20 Å². The molecule has 0 aromatic carbocycles. The molecule has 1 aromatic heterocycles. The second-order valence-electron chi connectivity index (χ2n) is 5.84. The van der Waals surface area contributed by atoms with Crippen LogP contribution in [0.2, 0.25) is 0 Å². The molecule has 2 rings (SSSR count). The summed E-state index contributed by atoms with van der Waals surface area (Å²) in [5.41, 5.74) is 0.552. The third-order valence-corrected chi connectivity index (χ3v) is 3.21. The molecule has 0 saturated carbocycles. The minimum atomic E-state index is -0.0900. The number of nitrogens with one attached hydrogen (secondary N) is 2. The Morgan fingerprint density at radius 3 is 2.58 bits per heavy atom. The molecule has 108 valence electrons. The zero-order valence-electron chi connectivity index (χ0n) is 11.8. The van der Waals surface area contributed by atoms with Crippen LogP contribution in [0.25, 0.3) is 0 Å². The molecule has 0 spiro atoms. The maximum atomic E-state index is 12.1. The van der Waals surface area contributed by atoms with Gasteiger partial charge in [-0.3, -0.25) is 9.48 Å². The minimum Gasteiger partial charge on any atom is -0.349 e. The summed E-state index contributed by atoms with van der Waals surface area (Å²) in [4.78, 5) is 12.1. The van der Waals surface area contributed by atoms with Gasteiger partial charge in [-0.25, -0.2) is 0 Å². The highest BCUT2D eigenvalue weighted by molar-refractivity contribution is 5.93. The normalized spacial score (nSPS) is 16.8. The maximum Gasteiger partial charge on any atom is 0.254 e. The van der Waals surface area contributed by atoms with Gasteiger partial charge < -0.3 is 10.6 Å². The molecular formula is C13H23ClN4O. The predicted molar refractivity (Wildman–Crippen MR) is 77.8 cm³/mol. The van der Waals surface area contributed by atoms with Crippen molar-refractivity contribution < 1.29 is 4.79 Å². The van der Waals surface area contributed by atoms with Crippen molar-refractivity contribution >= 4 is 18.3 Å². The standard InChI is InChI=1S/C13H22N4O.ClH/c1-13(2,3)17-9-10(8-15-17)12(18)16-11-4-6-14-7-5-11;/h8-9,11,14H,4-7H2,1-3H3,(H,16,18);1H. The SMILES string of the molecule is CC(C)(C)n1cc(C(=O)NC2CCNCC2)cn1.Cl. The number of halogens is 1. The molecule has 0 unspecified atom stereocenters. The van der Waals surface area contributed by atoms with Crippen LogP contribution in [-0.2, 0) is 5.54 Å². The van der Waals surface area contributed by atoms with Gasteiger partial charge in [-0.15, -0.1) is 12.4 Å². The number of hydrogen-bond acceptors (Lipinski definition) is 3. The highest BCUT2D eigenvalue weighted by atomic mass is 35.5. The number of hydrogen-bond donors (Lipinski definition) is 2. The van der Waals surface area contributed by atoms with Crippen molar-refractivity contribution in [1.82, 2.24) is 20.4 Å². The summed E-state index contributed by atoms with van der Waals surface area (Å²) in [6.45, 7) is 8.15. The summed E-state index contributed by atoms with van der Waals surface area (Å²) in [5.74, 6) is -0.0163. The number of piperidine rings is 1. The summed E-state index contributed by atoms with van der Waals surface area (Å²) in [7, 11) is 0. The van der Waals surface area contributed by atoms with Gasteiger partial charge in [-0.05, 0) is 46.7 Å². The van der Waals surface area contributed by atoms with Crippen LogP contribution in [0.3, 0.4) is 0 Å². The molecule has 1 aliphatic rings. The molecular weight excluding hydrogens is 264 g/mol. The lowest BCUT2D eigenvalue weighted by atomic mass is 10.1. The lowest BCUT2D eigenvalue weighted by Crippen LogP contribution is -2.42. The monoisotopic (exact) mass is 286 g/mol. The lowest BCUT2D eigenvalue weighted by molar-refractivity contribution is 0.0929. The van der Waals surface area contributed by atoms with Crippen molar-refractivity contribution in [3.8, 4) is 0 Å². The average Bonchev–Trinajstić information content (AvgIpc) is 2.79. The third-order valence-electron chi connectivity index (χ3n) is 3.21. The number of carbonyl (C=O) groups excluding carboxylic acids is 1. The van der Waals surface area contributed by atoms with Crippen LogP contribution in [0.4, 0.5) is 0 Å². The molecule has 1 saturated heterocycles. The summed E-state index contributed by atoms with van der Waals surface area (Å²) in [6, 6.07) is 0.289. The fraction of sp³-hybridized carbons (Fsp3) is 0.692. The van der Waals surface area contributed by atoms with Crippen LogP contribution < -0.4 is 10.6 Å². The Balaban J connectivity index is 0.00000180. The minimum absolute atomic E-state index is 0. The molecule has 1 aliphatic heterocycles. The summed E-state index contributed by atoms with van der Waals surface area (Å²) < 4.78 is 1.82. The molecule has 2 heterocycles. The Bertz CT molecular complexity index is 419. The van der Waals surface area contributed by atoms with Gasteiger partial charge >= 0.3 is 0 Å². The summed E-state index contributed by atoms with van der Waals surface area (Å²) >= 11 is 0. The van der Waals surface area contributed by atoms with E-state index in [0.29, 0.717) is 5.56 Å². The van der Waals surface area contributed by atoms with E-state index in [0.717, 1.165) is 25.9 Å². The molecule has 5 nitrogen and oxygen atoms in total. The average molecular weight is 287 g/mol. The first-order valence-electron chi connectivity index (χ1n) is 6.53. The number of amides is 1. The van der Waals surface area contributed by atoms with Crippen LogP contribution in [0.15, 0.2) is 12.4 Å². The largest absolute Gasteiger partial charge is 0.349 e. The molecule has 2 N–H and O–H groups in total. The Labute approximate surface area is 120 Å². The number of nitrogens with zero attached hydrogens (tertiary/aromatic N) is 2. The summed E-state index contributed by atoms with van der Waals surface area (Å²) in [5, 5.41) is 10.6. The van der Waals surface area contributed by atoms with E-state index in [9.17, 15) is 4.79 Å². The molecule has 0 aliphatic carbocycles. The Hall–Kier alpha value is -1.07. The van der Waals surface area contributed by atoms with Crippen molar-refractivity contribution in [3.63, 3.8) is 0 Å². The lowest BCUT2D eigenvalue weighted by Gasteiger charge is -2.23. The van der Waals surface area contributed by atoms with E-state index >= 15 is 0 Å². The first-order chi connectivity index (χ1) is 8.47. The smallest absolute Gasteiger partial charge is 0.254 e. The van der Waals surface area contributed by atoms with Gasteiger partial charge in [0.25, 0.3) is 5.91 Å². The van der Waals surface area contributed by atoms with E-state index in [1.807, 2.05) is 10.9 Å². The van der Waals surface area contributed by atoms with Crippen LogP contribution in [-0.4, -0.2) is 34.8 Å². The molecule has 1 aromatic rings. The maximum absolute atomic E-state index is 12.1. The number of carbonyl (C=O) groups is 1. The highest BCUT2D eigenvalue weighted by Gasteiger charge is 2.19. The topological polar surface area (TPSA) is 59.0 Å². The van der Waals surface area contributed by atoms with Crippen molar-refractivity contribution in [3.05, 3.63) is 18.0 Å².